The van der Waals surface area contributed by atoms with Gasteiger partial charge >= 0.3 is 6.03 Å². The first-order chi connectivity index (χ1) is 9.06. The van der Waals surface area contributed by atoms with E-state index in [9.17, 15) is 4.79 Å². The highest BCUT2D eigenvalue weighted by atomic mass is 35.5. The topological polar surface area (TPSA) is 44.4 Å². The van der Waals surface area contributed by atoms with Crippen molar-refractivity contribution in [1.29, 1.82) is 0 Å². The lowest BCUT2D eigenvalue weighted by Gasteiger charge is -2.18. The lowest BCUT2D eigenvalue weighted by Crippen LogP contribution is -2.36. The van der Waals surface area contributed by atoms with Crippen molar-refractivity contribution in [3.05, 3.63) is 28.2 Å². The van der Waals surface area contributed by atoms with Crippen molar-refractivity contribution in [2.45, 2.75) is 13.8 Å². The number of halogens is 2. The number of urea groups is 1. The molecule has 4 nitrogen and oxygen atoms in total. The van der Waals surface area contributed by atoms with E-state index in [0.717, 1.165) is 19.6 Å². The van der Waals surface area contributed by atoms with Crippen LogP contribution in [0.1, 0.15) is 13.8 Å². The molecular weight excluding hydrogens is 285 g/mol. The minimum atomic E-state index is -0.245. The van der Waals surface area contributed by atoms with Crippen molar-refractivity contribution in [3.63, 3.8) is 0 Å². The summed E-state index contributed by atoms with van der Waals surface area (Å²) in [6.45, 7) is 7.59. The second-order valence-corrected chi connectivity index (χ2v) is 4.85. The highest BCUT2D eigenvalue weighted by Gasteiger charge is 2.04. The zero-order valence-corrected chi connectivity index (χ0v) is 12.7. The Morgan fingerprint density at radius 3 is 2.47 bits per heavy atom. The molecule has 19 heavy (non-hydrogen) atoms. The number of rotatable bonds is 6. The summed E-state index contributed by atoms with van der Waals surface area (Å²) < 4.78 is 0. The predicted octanol–water partition coefficient (Wildman–Crippen LogP) is 3.46. The summed E-state index contributed by atoms with van der Waals surface area (Å²) in [7, 11) is 0. The minimum absolute atomic E-state index is 0.245. The third-order valence-electron chi connectivity index (χ3n) is 2.79. The Bertz CT molecular complexity index is 422. The van der Waals surface area contributed by atoms with Crippen molar-refractivity contribution < 1.29 is 4.79 Å². The molecule has 0 atom stereocenters. The first kappa shape index (κ1) is 16.1. The zero-order chi connectivity index (χ0) is 14.3. The van der Waals surface area contributed by atoms with Gasteiger partial charge in [0, 0.05) is 18.8 Å². The fourth-order valence-corrected chi connectivity index (χ4v) is 1.91. The third kappa shape index (κ3) is 5.68. The summed E-state index contributed by atoms with van der Waals surface area (Å²) >= 11 is 11.7. The molecule has 0 unspecified atom stereocenters. The summed E-state index contributed by atoms with van der Waals surface area (Å²) in [5.74, 6) is 0. The van der Waals surface area contributed by atoms with Crippen molar-refractivity contribution in [3.8, 4) is 0 Å². The first-order valence-electron chi connectivity index (χ1n) is 6.29. The van der Waals surface area contributed by atoms with E-state index < -0.39 is 0 Å². The van der Waals surface area contributed by atoms with E-state index in [4.69, 9.17) is 23.2 Å². The van der Waals surface area contributed by atoms with E-state index in [1.54, 1.807) is 18.2 Å². The molecule has 0 saturated carbocycles. The molecule has 0 bridgehead atoms. The summed E-state index contributed by atoms with van der Waals surface area (Å²) in [6.07, 6.45) is 0. The van der Waals surface area contributed by atoms with Gasteiger partial charge in [-0.15, -0.1) is 0 Å². The maximum Gasteiger partial charge on any atom is 0.319 e. The Balaban J connectivity index is 2.36. The third-order valence-corrected chi connectivity index (χ3v) is 3.52. The van der Waals surface area contributed by atoms with Crippen LogP contribution in [0.15, 0.2) is 18.2 Å². The van der Waals surface area contributed by atoms with Gasteiger partial charge < -0.3 is 15.5 Å². The number of nitrogens with zero attached hydrogens (tertiary/aromatic N) is 1. The van der Waals surface area contributed by atoms with Crippen molar-refractivity contribution in [2.75, 3.05) is 31.5 Å². The number of carbonyl (C=O) groups excluding carboxylic acids is 1. The molecule has 6 heteroatoms. The SMILES string of the molecule is CCN(CC)CCNC(=O)Nc1ccc(Cl)c(Cl)c1. The van der Waals surface area contributed by atoms with E-state index in [1.807, 2.05) is 0 Å². The van der Waals surface area contributed by atoms with Gasteiger partial charge in [-0.2, -0.15) is 0 Å². The van der Waals surface area contributed by atoms with Crippen LogP contribution in [0.4, 0.5) is 10.5 Å². The van der Waals surface area contributed by atoms with E-state index in [2.05, 4.69) is 29.4 Å². The van der Waals surface area contributed by atoms with Crippen LogP contribution in [0.25, 0.3) is 0 Å². The summed E-state index contributed by atoms with van der Waals surface area (Å²) in [6, 6.07) is 4.73. The molecule has 1 aromatic rings. The molecule has 2 amide bonds. The smallest absolute Gasteiger partial charge is 0.319 e. The molecule has 0 aromatic heterocycles. The molecule has 0 saturated heterocycles. The van der Waals surface area contributed by atoms with Crippen molar-refractivity contribution >= 4 is 34.9 Å². The Morgan fingerprint density at radius 2 is 1.89 bits per heavy atom. The molecule has 0 spiro atoms. The standard InChI is InChI=1S/C13H19Cl2N3O/c1-3-18(4-2)8-7-16-13(19)17-10-5-6-11(14)12(15)9-10/h5-6,9H,3-4,7-8H2,1-2H3,(H2,16,17,19). The van der Waals surface area contributed by atoms with Crippen LogP contribution in [0.5, 0.6) is 0 Å². The van der Waals surface area contributed by atoms with E-state index in [1.165, 1.54) is 0 Å². The van der Waals surface area contributed by atoms with E-state index in [-0.39, 0.29) is 6.03 Å². The quantitative estimate of drug-likeness (QED) is 0.845. The van der Waals surface area contributed by atoms with Crippen LogP contribution >= 0.6 is 23.2 Å². The van der Waals surface area contributed by atoms with Gasteiger partial charge in [0.2, 0.25) is 0 Å². The van der Waals surface area contributed by atoms with Crippen LogP contribution in [0.2, 0.25) is 10.0 Å². The molecule has 106 valence electrons. The fraction of sp³-hybridized carbons (Fsp3) is 0.462. The van der Waals surface area contributed by atoms with Crippen LogP contribution in [-0.2, 0) is 0 Å². The Hall–Kier alpha value is -0.970. The van der Waals surface area contributed by atoms with Crippen molar-refractivity contribution in [1.82, 2.24) is 10.2 Å². The number of likely N-dealkylation sites (N-methyl/N-ethyl adjacent to an activating group) is 1. The molecule has 0 radical (unpaired) electrons. The molecule has 0 fully saturated rings. The maximum atomic E-state index is 11.7. The maximum absolute atomic E-state index is 11.7. The molecule has 1 aromatic carbocycles. The number of benzene rings is 1. The molecular formula is C13H19Cl2N3O. The van der Waals surface area contributed by atoms with Crippen LogP contribution < -0.4 is 10.6 Å². The van der Waals surface area contributed by atoms with Gasteiger partial charge in [0.15, 0.2) is 0 Å². The van der Waals surface area contributed by atoms with Gasteiger partial charge in [-0.1, -0.05) is 37.0 Å². The van der Waals surface area contributed by atoms with Gasteiger partial charge in [-0.3, -0.25) is 0 Å². The van der Waals surface area contributed by atoms with Gasteiger partial charge in [0.05, 0.1) is 10.0 Å². The largest absolute Gasteiger partial charge is 0.337 e. The Labute approximate surface area is 124 Å². The lowest BCUT2D eigenvalue weighted by molar-refractivity contribution is 0.248. The van der Waals surface area contributed by atoms with Crippen LogP contribution in [0.3, 0.4) is 0 Å². The van der Waals surface area contributed by atoms with Gasteiger partial charge in [0.1, 0.15) is 0 Å². The normalized spacial score (nSPS) is 10.6. The number of hydrogen-bond donors (Lipinski definition) is 2. The predicted molar refractivity (Wildman–Crippen MR) is 81.3 cm³/mol. The summed E-state index contributed by atoms with van der Waals surface area (Å²) in [4.78, 5) is 13.9. The highest BCUT2D eigenvalue weighted by Crippen LogP contribution is 2.24. The molecule has 0 aliphatic heterocycles. The minimum Gasteiger partial charge on any atom is -0.337 e. The van der Waals surface area contributed by atoms with E-state index in [0.29, 0.717) is 22.3 Å². The van der Waals surface area contributed by atoms with Gasteiger partial charge in [0.25, 0.3) is 0 Å². The average molecular weight is 304 g/mol. The average Bonchev–Trinajstić information content (AvgIpc) is 2.39. The molecule has 2 N–H and O–H groups in total. The van der Waals surface area contributed by atoms with Gasteiger partial charge in [-0.05, 0) is 31.3 Å². The second-order valence-electron chi connectivity index (χ2n) is 4.04. The molecule has 1 rings (SSSR count). The molecule has 0 aliphatic carbocycles. The van der Waals surface area contributed by atoms with Crippen LogP contribution in [0, 0.1) is 0 Å². The van der Waals surface area contributed by atoms with Gasteiger partial charge in [-0.25, -0.2) is 4.79 Å². The fourth-order valence-electron chi connectivity index (χ4n) is 1.62. The summed E-state index contributed by atoms with van der Waals surface area (Å²) in [5, 5.41) is 6.39. The lowest BCUT2D eigenvalue weighted by atomic mass is 10.3. The van der Waals surface area contributed by atoms with E-state index >= 15 is 0 Å². The monoisotopic (exact) mass is 303 g/mol. The Kier molecular flexibility index (Phi) is 6.99. The number of amides is 2. The molecule has 0 heterocycles. The summed E-state index contributed by atoms with van der Waals surface area (Å²) in [5.41, 5.74) is 0.620. The number of anilines is 1. The number of hydrogen-bond acceptors (Lipinski definition) is 2. The molecule has 0 aliphatic rings. The Morgan fingerprint density at radius 1 is 1.21 bits per heavy atom. The highest BCUT2D eigenvalue weighted by molar-refractivity contribution is 6.42. The van der Waals surface area contributed by atoms with Crippen molar-refractivity contribution in [2.24, 2.45) is 0 Å². The van der Waals surface area contributed by atoms with Crippen LogP contribution in [-0.4, -0.2) is 37.1 Å². The second kappa shape index (κ2) is 8.25. The number of nitrogens with one attached hydrogen (secondary N) is 2. The zero-order valence-electron chi connectivity index (χ0n) is 11.2. The first-order valence-corrected chi connectivity index (χ1v) is 7.04. The number of carbonyl (C=O) groups is 1.